The Morgan fingerprint density at radius 1 is 1.35 bits per heavy atom. The first-order valence-corrected chi connectivity index (χ1v) is 5.58. The van der Waals surface area contributed by atoms with Gasteiger partial charge in [-0.05, 0) is 27.8 Å². The predicted molar refractivity (Wildman–Crippen MR) is 76.0 cm³/mol. The van der Waals surface area contributed by atoms with Crippen molar-refractivity contribution in [1.82, 2.24) is 9.80 Å². The van der Waals surface area contributed by atoms with Gasteiger partial charge >= 0.3 is 0 Å². The summed E-state index contributed by atoms with van der Waals surface area (Å²) in [7, 11) is 2.09. The van der Waals surface area contributed by atoms with Gasteiger partial charge in [0, 0.05) is 32.2 Å². The Hall–Kier alpha value is -0.0300. The zero-order valence-electron chi connectivity index (χ0n) is 11.1. The molecule has 1 heterocycles. The fourth-order valence-electron chi connectivity index (χ4n) is 1.92. The minimum absolute atomic E-state index is 0. The average Bonchev–Trinajstić information content (AvgIpc) is 2.17. The summed E-state index contributed by atoms with van der Waals surface area (Å²) in [5, 5.41) is 0. The first-order valence-electron chi connectivity index (χ1n) is 5.58. The first kappa shape index (κ1) is 19.3. The van der Waals surface area contributed by atoms with E-state index in [-0.39, 0.29) is 30.7 Å². The third kappa shape index (κ3) is 4.62. The van der Waals surface area contributed by atoms with Gasteiger partial charge < -0.3 is 15.5 Å². The second kappa shape index (κ2) is 7.41. The van der Waals surface area contributed by atoms with Gasteiger partial charge in [-0.1, -0.05) is 0 Å². The third-order valence-corrected chi connectivity index (χ3v) is 3.18. The summed E-state index contributed by atoms with van der Waals surface area (Å²) in [5.74, 6) is 0.186. The van der Waals surface area contributed by atoms with E-state index in [1.165, 1.54) is 0 Å². The largest absolute Gasteiger partial charge is 0.337 e. The molecule has 0 aromatic carbocycles. The van der Waals surface area contributed by atoms with Gasteiger partial charge in [0.05, 0.1) is 5.41 Å². The highest BCUT2D eigenvalue weighted by atomic mass is 35.5. The van der Waals surface area contributed by atoms with E-state index in [4.69, 9.17) is 5.73 Å². The van der Waals surface area contributed by atoms with Crippen molar-refractivity contribution < 1.29 is 4.79 Å². The number of likely N-dealkylation sites (N-methyl/N-ethyl adjacent to an activating group) is 1. The molecule has 104 valence electrons. The molecule has 17 heavy (non-hydrogen) atoms. The van der Waals surface area contributed by atoms with Gasteiger partial charge in [0.25, 0.3) is 0 Å². The van der Waals surface area contributed by atoms with E-state index in [9.17, 15) is 4.79 Å². The molecule has 0 bridgehead atoms. The van der Waals surface area contributed by atoms with E-state index < -0.39 is 5.41 Å². The molecular formula is C11H25Cl2N3O. The maximum Gasteiger partial charge on any atom is 0.229 e. The summed E-state index contributed by atoms with van der Waals surface area (Å²) in [5.41, 5.74) is 5.20. The number of halogens is 2. The minimum Gasteiger partial charge on any atom is -0.337 e. The third-order valence-electron chi connectivity index (χ3n) is 3.18. The lowest BCUT2D eigenvalue weighted by Crippen LogP contribution is -2.56. The lowest BCUT2D eigenvalue weighted by Gasteiger charge is -2.41. The van der Waals surface area contributed by atoms with Gasteiger partial charge in [-0.15, -0.1) is 24.8 Å². The zero-order valence-corrected chi connectivity index (χ0v) is 12.7. The van der Waals surface area contributed by atoms with Crippen LogP contribution in [-0.4, -0.2) is 55.0 Å². The van der Waals surface area contributed by atoms with Crippen LogP contribution in [0.15, 0.2) is 0 Å². The number of nitrogens with zero attached hydrogens (tertiary/aromatic N) is 2. The monoisotopic (exact) mass is 285 g/mol. The minimum atomic E-state index is -0.426. The Kier molecular flexibility index (Phi) is 8.42. The van der Waals surface area contributed by atoms with Crippen LogP contribution in [0.3, 0.4) is 0 Å². The fraction of sp³-hybridized carbons (Fsp3) is 0.909. The number of hydrogen-bond acceptors (Lipinski definition) is 3. The smallest absolute Gasteiger partial charge is 0.229 e. The van der Waals surface area contributed by atoms with Crippen molar-refractivity contribution >= 4 is 30.7 Å². The van der Waals surface area contributed by atoms with Gasteiger partial charge in [0.15, 0.2) is 0 Å². The molecule has 2 N–H and O–H groups in total. The van der Waals surface area contributed by atoms with Gasteiger partial charge in [0.2, 0.25) is 5.91 Å². The van der Waals surface area contributed by atoms with Crippen LogP contribution in [-0.2, 0) is 4.79 Å². The Bertz CT molecular complexity index is 249. The second-order valence-electron chi connectivity index (χ2n) is 5.20. The normalized spacial score (nSPS) is 21.5. The molecule has 1 unspecified atom stereocenters. The van der Waals surface area contributed by atoms with Crippen LogP contribution < -0.4 is 5.73 Å². The van der Waals surface area contributed by atoms with Crippen molar-refractivity contribution in [1.29, 1.82) is 0 Å². The van der Waals surface area contributed by atoms with Crippen molar-refractivity contribution in [3.05, 3.63) is 0 Å². The Balaban J connectivity index is 0. The number of carbonyl (C=O) groups excluding carboxylic acids is 1. The molecule has 1 aliphatic heterocycles. The second-order valence-corrected chi connectivity index (χ2v) is 5.20. The molecule has 0 aliphatic carbocycles. The van der Waals surface area contributed by atoms with Crippen molar-refractivity contribution in [2.75, 3.05) is 33.2 Å². The average molecular weight is 286 g/mol. The molecule has 4 nitrogen and oxygen atoms in total. The van der Waals surface area contributed by atoms with E-state index in [1.807, 2.05) is 18.7 Å². The SMILES string of the molecule is CC1CN(C)CCN1C(=O)C(C)(C)CN.Cl.Cl. The summed E-state index contributed by atoms with van der Waals surface area (Å²) in [6.07, 6.45) is 0. The molecule has 1 aliphatic rings. The van der Waals surface area contributed by atoms with Crippen LogP contribution in [0.25, 0.3) is 0 Å². The number of hydrogen-bond donors (Lipinski definition) is 1. The fourth-order valence-corrected chi connectivity index (χ4v) is 1.92. The van der Waals surface area contributed by atoms with Crippen molar-refractivity contribution in [2.24, 2.45) is 11.1 Å². The summed E-state index contributed by atoms with van der Waals surface area (Å²) in [6, 6.07) is 0.294. The summed E-state index contributed by atoms with van der Waals surface area (Å²) in [4.78, 5) is 16.4. The summed E-state index contributed by atoms with van der Waals surface area (Å²) >= 11 is 0. The van der Waals surface area contributed by atoms with E-state index >= 15 is 0 Å². The highest BCUT2D eigenvalue weighted by molar-refractivity contribution is 5.85. The Morgan fingerprint density at radius 2 is 1.88 bits per heavy atom. The van der Waals surface area contributed by atoms with Crippen molar-refractivity contribution in [3.63, 3.8) is 0 Å². The quantitative estimate of drug-likeness (QED) is 0.823. The molecule has 1 atom stereocenters. The zero-order chi connectivity index (χ0) is 11.6. The number of carbonyl (C=O) groups is 1. The molecule has 0 aromatic heterocycles. The van der Waals surface area contributed by atoms with Crippen LogP contribution in [0.4, 0.5) is 0 Å². The highest BCUT2D eigenvalue weighted by Crippen LogP contribution is 2.20. The van der Waals surface area contributed by atoms with Crippen LogP contribution in [0.2, 0.25) is 0 Å². The highest BCUT2D eigenvalue weighted by Gasteiger charge is 2.34. The summed E-state index contributed by atoms with van der Waals surface area (Å²) in [6.45, 7) is 9.06. The maximum atomic E-state index is 12.2. The molecule has 0 saturated carbocycles. The van der Waals surface area contributed by atoms with Gasteiger partial charge in [-0.3, -0.25) is 4.79 Å². The van der Waals surface area contributed by atoms with E-state index in [1.54, 1.807) is 0 Å². The van der Waals surface area contributed by atoms with Crippen LogP contribution in [0.1, 0.15) is 20.8 Å². The van der Waals surface area contributed by atoms with E-state index in [0.717, 1.165) is 19.6 Å². The molecule has 6 heteroatoms. The van der Waals surface area contributed by atoms with Gasteiger partial charge in [-0.25, -0.2) is 0 Å². The molecule has 0 spiro atoms. The molecule has 1 fully saturated rings. The molecule has 1 amide bonds. The van der Waals surface area contributed by atoms with E-state index in [0.29, 0.717) is 12.6 Å². The lowest BCUT2D eigenvalue weighted by atomic mass is 9.91. The number of rotatable bonds is 2. The van der Waals surface area contributed by atoms with Crippen LogP contribution in [0.5, 0.6) is 0 Å². The number of amides is 1. The Labute approximate surface area is 117 Å². The number of nitrogens with two attached hydrogens (primary N) is 1. The standard InChI is InChI=1S/C11H23N3O.2ClH/c1-9-7-13(4)5-6-14(9)10(15)11(2,3)8-12;;/h9H,5-8,12H2,1-4H3;2*1H. The topological polar surface area (TPSA) is 49.6 Å². The van der Waals surface area contributed by atoms with Crippen LogP contribution in [0, 0.1) is 5.41 Å². The molecule has 1 rings (SSSR count). The lowest BCUT2D eigenvalue weighted by molar-refractivity contribution is -0.144. The first-order chi connectivity index (χ1) is 6.88. The molecule has 1 saturated heterocycles. The van der Waals surface area contributed by atoms with Gasteiger partial charge in [0.1, 0.15) is 0 Å². The van der Waals surface area contributed by atoms with Crippen LogP contribution >= 0.6 is 24.8 Å². The van der Waals surface area contributed by atoms with E-state index in [2.05, 4.69) is 18.9 Å². The van der Waals surface area contributed by atoms with Crippen molar-refractivity contribution in [3.8, 4) is 0 Å². The Morgan fingerprint density at radius 3 is 2.29 bits per heavy atom. The molecular weight excluding hydrogens is 261 g/mol. The molecule has 0 radical (unpaired) electrons. The number of piperazine rings is 1. The predicted octanol–water partition coefficient (Wildman–Crippen LogP) is 0.977. The summed E-state index contributed by atoms with van der Waals surface area (Å²) < 4.78 is 0. The molecule has 0 aromatic rings. The maximum absolute atomic E-state index is 12.2. The van der Waals surface area contributed by atoms with Gasteiger partial charge in [-0.2, -0.15) is 0 Å². The van der Waals surface area contributed by atoms with Crippen molar-refractivity contribution in [2.45, 2.75) is 26.8 Å².